The van der Waals surface area contributed by atoms with Crippen molar-refractivity contribution < 1.29 is 19.8 Å². The van der Waals surface area contributed by atoms with Crippen LogP contribution in [-0.4, -0.2) is 71.0 Å². The number of hydrogen-bond acceptors (Lipinski definition) is 2. The van der Waals surface area contributed by atoms with Gasteiger partial charge in [-0.25, -0.2) is 0 Å². The Kier molecular flexibility index (Phi) is 12.6. The molecule has 0 amide bonds. The Morgan fingerprint density at radius 2 is 1.19 bits per heavy atom. The van der Waals surface area contributed by atoms with E-state index in [-0.39, 0.29) is 55.3 Å². The van der Waals surface area contributed by atoms with Crippen molar-refractivity contribution in [2.75, 3.05) is 0 Å². The number of unbranched alkanes of at least 4 members (excludes halogenated alkanes) is 6. The predicted octanol–water partition coefficient (Wildman–Crippen LogP) is 3.41. The first-order valence-corrected chi connectivity index (χ1v) is 7.67. The average molecular weight is 426 g/mol. The van der Waals surface area contributed by atoms with Gasteiger partial charge in [0.2, 0.25) is 0 Å². The second-order valence-corrected chi connectivity index (χ2v) is 6.64. The molecule has 0 atom stereocenters. The van der Waals surface area contributed by atoms with Crippen LogP contribution in [0.3, 0.4) is 0 Å². The number of rotatable bonds is 10. The molecule has 0 heterocycles. The van der Waals surface area contributed by atoms with Crippen molar-refractivity contribution >= 4 is 60.8 Å². The summed E-state index contributed by atoms with van der Waals surface area (Å²) in [5.41, 5.74) is -2.48. The van der Waals surface area contributed by atoms with E-state index in [9.17, 15) is 19.8 Å². The van der Waals surface area contributed by atoms with E-state index in [1.54, 1.807) is 20.8 Å². The molecule has 0 aliphatic rings. The van der Waals surface area contributed by atoms with Gasteiger partial charge in [0, 0.05) is 0 Å². The molecule has 0 radical (unpaired) electrons. The summed E-state index contributed by atoms with van der Waals surface area (Å²) in [5, 5.41) is 18.8. The number of carboxylic acids is 2. The van der Waals surface area contributed by atoms with Crippen molar-refractivity contribution in [3.05, 3.63) is 0 Å². The van der Waals surface area contributed by atoms with E-state index >= 15 is 0 Å². The molecule has 0 rings (SSSR count). The number of aliphatic carboxylic acids is 2. The Hall–Kier alpha value is 0.511. The second kappa shape index (κ2) is 11.1. The summed E-state index contributed by atoms with van der Waals surface area (Å²) in [7, 11) is 0. The minimum atomic E-state index is -1.68. The molecule has 21 heavy (non-hydrogen) atoms. The summed E-state index contributed by atoms with van der Waals surface area (Å²) in [5.74, 6) is -2.44. The van der Waals surface area contributed by atoms with Gasteiger partial charge in [-0.3, -0.25) is 9.59 Å². The van der Waals surface area contributed by atoms with Crippen LogP contribution in [0.15, 0.2) is 0 Å². The summed E-state index contributed by atoms with van der Waals surface area (Å²) < 4.78 is 0. The molecule has 0 unspecified atom stereocenters. The minimum absolute atomic E-state index is 0. The number of carbonyl (C=O) groups is 2. The van der Waals surface area contributed by atoms with Crippen LogP contribution in [0, 0.1) is 10.8 Å². The fourth-order valence-corrected chi connectivity index (χ4v) is 2.67. The molecule has 0 aromatic rings. The van der Waals surface area contributed by atoms with E-state index in [0.717, 1.165) is 19.3 Å². The van der Waals surface area contributed by atoms with E-state index < -0.39 is 22.8 Å². The van der Waals surface area contributed by atoms with Crippen molar-refractivity contribution in [1.82, 2.24) is 0 Å². The topological polar surface area (TPSA) is 74.6 Å². The SMILES string of the molecule is CCCCCCCCCC(C(=O)O)(C(=O)O)C(C)(C)C.[BaH2]. The van der Waals surface area contributed by atoms with Crippen LogP contribution in [0.25, 0.3) is 0 Å². The zero-order chi connectivity index (χ0) is 15.8. The van der Waals surface area contributed by atoms with Crippen LogP contribution in [0.4, 0.5) is 0 Å². The molecule has 0 bridgehead atoms. The fraction of sp³-hybridized carbons (Fsp3) is 0.875. The molecule has 122 valence electrons. The second-order valence-electron chi connectivity index (χ2n) is 6.64. The van der Waals surface area contributed by atoms with E-state index in [0.29, 0.717) is 6.42 Å². The van der Waals surface area contributed by atoms with Crippen LogP contribution in [0.1, 0.15) is 79.1 Å². The van der Waals surface area contributed by atoms with Crippen molar-refractivity contribution in [1.29, 1.82) is 0 Å². The maximum atomic E-state index is 11.5. The predicted molar refractivity (Wildman–Crippen MR) is 88.3 cm³/mol. The van der Waals surface area contributed by atoms with Gasteiger partial charge in [-0.2, -0.15) is 0 Å². The van der Waals surface area contributed by atoms with Gasteiger partial charge in [-0.1, -0.05) is 72.6 Å². The average Bonchev–Trinajstić information content (AvgIpc) is 2.30. The van der Waals surface area contributed by atoms with Gasteiger partial charge in [-0.05, 0) is 11.8 Å². The third-order valence-electron chi connectivity index (χ3n) is 4.17. The summed E-state index contributed by atoms with van der Waals surface area (Å²) in [6, 6.07) is 0. The third kappa shape index (κ3) is 7.08. The normalized spacial score (nSPS) is 11.8. The van der Waals surface area contributed by atoms with E-state index in [1.807, 2.05) is 0 Å². The van der Waals surface area contributed by atoms with E-state index in [2.05, 4.69) is 6.92 Å². The van der Waals surface area contributed by atoms with Gasteiger partial charge in [0.1, 0.15) is 0 Å². The molecule has 0 saturated heterocycles. The Balaban J connectivity index is 0. The fourth-order valence-electron chi connectivity index (χ4n) is 2.67. The zero-order valence-corrected chi connectivity index (χ0v) is 13.4. The van der Waals surface area contributed by atoms with Crippen LogP contribution in [-0.2, 0) is 9.59 Å². The standard InChI is InChI=1S/C16H30O4.Ba.2H/c1-5-6-7-8-9-10-11-12-16(13(17)18,14(19)20)15(2,3)4;;;/h5-12H2,1-4H3,(H,17,18)(H,19,20);;;. The molecular formula is C16H32BaO4. The molecule has 0 aliphatic heterocycles. The first kappa shape index (κ1) is 23.8. The van der Waals surface area contributed by atoms with Crippen molar-refractivity contribution in [2.45, 2.75) is 79.1 Å². The third-order valence-corrected chi connectivity index (χ3v) is 4.17. The van der Waals surface area contributed by atoms with E-state index in [4.69, 9.17) is 0 Å². The summed E-state index contributed by atoms with van der Waals surface area (Å²) >= 11 is 0. The maximum absolute atomic E-state index is 11.5. The molecule has 5 heteroatoms. The number of hydrogen-bond donors (Lipinski definition) is 2. The van der Waals surface area contributed by atoms with Crippen molar-refractivity contribution in [2.24, 2.45) is 10.8 Å². The molecule has 0 aromatic carbocycles. The Labute approximate surface area is 169 Å². The molecule has 0 fully saturated rings. The number of carboxylic acid groups (broad SMARTS) is 2. The van der Waals surface area contributed by atoms with Gasteiger partial charge in [0.05, 0.1) is 0 Å². The first-order chi connectivity index (χ1) is 9.20. The molecular weight excluding hydrogens is 394 g/mol. The molecule has 0 aromatic heterocycles. The molecule has 0 spiro atoms. The van der Waals surface area contributed by atoms with Crippen LogP contribution in [0.5, 0.6) is 0 Å². The van der Waals surface area contributed by atoms with Gasteiger partial charge in [0.15, 0.2) is 5.41 Å². The molecule has 2 N–H and O–H groups in total. The first-order valence-electron chi connectivity index (χ1n) is 7.67. The van der Waals surface area contributed by atoms with Crippen molar-refractivity contribution in [3.63, 3.8) is 0 Å². The molecule has 0 aliphatic carbocycles. The Bertz CT molecular complexity index is 307. The van der Waals surface area contributed by atoms with Gasteiger partial charge >= 0.3 is 60.8 Å². The molecule has 4 nitrogen and oxygen atoms in total. The van der Waals surface area contributed by atoms with Gasteiger partial charge in [-0.15, -0.1) is 0 Å². The van der Waals surface area contributed by atoms with E-state index in [1.165, 1.54) is 19.3 Å². The summed E-state index contributed by atoms with van der Waals surface area (Å²) in [6.07, 6.45) is 7.61. The van der Waals surface area contributed by atoms with Crippen LogP contribution in [0.2, 0.25) is 0 Å². The van der Waals surface area contributed by atoms with Gasteiger partial charge < -0.3 is 10.2 Å². The summed E-state index contributed by atoms with van der Waals surface area (Å²) in [6.45, 7) is 7.24. The van der Waals surface area contributed by atoms with Crippen molar-refractivity contribution in [3.8, 4) is 0 Å². The van der Waals surface area contributed by atoms with Gasteiger partial charge in [0.25, 0.3) is 0 Å². The molecule has 0 saturated carbocycles. The monoisotopic (exact) mass is 426 g/mol. The Morgan fingerprint density at radius 1 is 0.810 bits per heavy atom. The zero-order valence-electron chi connectivity index (χ0n) is 13.4. The van der Waals surface area contributed by atoms with Crippen LogP contribution < -0.4 is 0 Å². The Morgan fingerprint density at radius 3 is 1.52 bits per heavy atom. The quantitative estimate of drug-likeness (QED) is 0.319. The summed E-state index contributed by atoms with van der Waals surface area (Å²) in [4.78, 5) is 23.1. The van der Waals surface area contributed by atoms with Crippen LogP contribution >= 0.6 is 0 Å².